The maximum Gasteiger partial charge on any atom is 0.242 e. The third-order valence-electron chi connectivity index (χ3n) is 2.45. The summed E-state index contributed by atoms with van der Waals surface area (Å²) in [6, 6.07) is 16.4. The highest BCUT2D eigenvalue weighted by Gasteiger charge is 2.07. The SMILES string of the molecule is Cc1ccc(N(Nc2ccccc2)[SH](=O)=O)cc1. The largest absolute Gasteiger partial charge is 0.285 e. The molecular formula is C13H14N2O2S. The lowest BCUT2D eigenvalue weighted by atomic mass is 10.2. The number of hydrogen-bond donors (Lipinski definition) is 2. The van der Waals surface area contributed by atoms with E-state index in [2.05, 4.69) is 5.43 Å². The van der Waals surface area contributed by atoms with Crippen LogP contribution in [0.5, 0.6) is 0 Å². The maximum absolute atomic E-state index is 11.3. The van der Waals surface area contributed by atoms with Crippen molar-refractivity contribution in [3.63, 3.8) is 0 Å². The van der Waals surface area contributed by atoms with Crippen molar-refractivity contribution in [1.82, 2.24) is 0 Å². The lowest BCUT2D eigenvalue weighted by molar-refractivity contribution is 0.613. The van der Waals surface area contributed by atoms with Crippen LogP contribution < -0.4 is 9.84 Å². The average molecular weight is 262 g/mol. The number of hydrazine groups is 1. The fourth-order valence-corrected chi connectivity index (χ4v) is 2.04. The van der Waals surface area contributed by atoms with E-state index in [9.17, 15) is 8.42 Å². The first-order valence-corrected chi connectivity index (χ1v) is 6.62. The third kappa shape index (κ3) is 3.01. The predicted molar refractivity (Wildman–Crippen MR) is 74.0 cm³/mol. The third-order valence-corrected chi connectivity index (χ3v) is 3.11. The van der Waals surface area contributed by atoms with Gasteiger partial charge in [0.1, 0.15) is 0 Å². The molecule has 0 unspecified atom stereocenters. The summed E-state index contributed by atoms with van der Waals surface area (Å²) in [5, 5.41) is 0. The van der Waals surface area contributed by atoms with E-state index in [1.54, 1.807) is 24.3 Å². The van der Waals surface area contributed by atoms with Crippen LogP contribution in [0.1, 0.15) is 5.56 Å². The first kappa shape index (κ1) is 12.4. The molecule has 0 aliphatic carbocycles. The van der Waals surface area contributed by atoms with Crippen LogP contribution in [0.4, 0.5) is 11.4 Å². The van der Waals surface area contributed by atoms with Gasteiger partial charge in [0.15, 0.2) is 0 Å². The van der Waals surface area contributed by atoms with Gasteiger partial charge in [-0.05, 0) is 31.2 Å². The first-order chi connectivity index (χ1) is 8.66. The van der Waals surface area contributed by atoms with E-state index in [0.29, 0.717) is 5.69 Å². The Bertz CT molecular complexity index is 572. The minimum absolute atomic E-state index is 0.584. The van der Waals surface area contributed by atoms with E-state index in [1.807, 2.05) is 37.3 Å². The van der Waals surface area contributed by atoms with Crippen molar-refractivity contribution >= 4 is 22.3 Å². The van der Waals surface area contributed by atoms with Gasteiger partial charge in [-0.1, -0.05) is 35.9 Å². The average Bonchev–Trinajstić information content (AvgIpc) is 2.38. The highest BCUT2D eigenvalue weighted by molar-refractivity contribution is 7.74. The van der Waals surface area contributed by atoms with Gasteiger partial charge in [0.25, 0.3) is 0 Å². The second-order valence-corrected chi connectivity index (χ2v) is 4.74. The van der Waals surface area contributed by atoms with Gasteiger partial charge in [0.2, 0.25) is 10.9 Å². The Labute approximate surface area is 108 Å². The summed E-state index contributed by atoms with van der Waals surface area (Å²) in [5.41, 5.74) is 5.24. The molecule has 2 rings (SSSR count). The number of nitrogens with zero attached hydrogens (tertiary/aromatic N) is 1. The van der Waals surface area contributed by atoms with Crippen molar-refractivity contribution in [1.29, 1.82) is 0 Å². The number of nitrogens with one attached hydrogen (secondary N) is 1. The fraction of sp³-hybridized carbons (Fsp3) is 0.0769. The molecule has 0 heterocycles. The van der Waals surface area contributed by atoms with Crippen molar-refractivity contribution in [2.24, 2.45) is 0 Å². The first-order valence-electron chi connectivity index (χ1n) is 5.49. The molecule has 4 nitrogen and oxygen atoms in total. The number of anilines is 2. The molecule has 0 atom stereocenters. The van der Waals surface area contributed by atoms with Crippen molar-refractivity contribution < 1.29 is 8.42 Å². The van der Waals surface area contributed by atoms with E-state index in [-0.39, 0.29) is 0 Å². The quantitative estimate of drug-likeness (QED) is 0.657. The normalized spacial score (nSPS) is 10.3. The van der Waals surface area contributed by atoms with Crippen molar-refractivity contribution in [2.75, 3.05) is 9.84 Å². The Balaban J connectivity index is 2.27. The van der Waals surface area contributed by atoms with Gasteiger partial charge in [0, 0.05) is 0 Å². The summed E-state index contributed by atoms with van der Waals surface area (Å²) in [7, 11) is -2.75. The van der Waals surface area contributed by atoms with Crippen molar-refractivity contribution in [3.8, 4) is 0 Å². The highest BCUT2D eigenvalue weighted by Crippen LogP contribution is 2.17. The van der Waals surface area contributed by atoms with Gasteiger partial charge < -0.3 is 0 Å². The summed E-state index contributed by atoms with van der Waals surface area (Å²) in [6.45, 7) is 1.95. The minimum atomic E-state index is -2.75. The summed E-state index contributed by atoms with van der Waals surface area (Å²) < 4.78 is 23.7. The highest BCUT2D eigenvalue weighted by atomic mass is 32.2. The molecule has 0 bridgehead atoms. The molecule has 94 valence electrons. The summed E-state index contributed by atoms with van der Waals surface area (Å²) in [5.74, 6) is 0. The van der Waals surface area contributed by atoms with Crippen LogP contribution in [0.15, 0.2) is 54.6 Å². The molecule has 0 radical (unpaired) electrons. The monoisotopic (exact) mass is 262 g/mol. The molecule has 0 aliphatic rings. The second kappa shape index (κ2) is 5.55. The molecule has 5 heteroatoms. The second-order valence-electron chi connectivity index (χ2n) is 3.86. The molecule has 1 N–H and O–H groups in total. The molecule has 0 aromatic heterocycles. The van der Waals surface area contributed by atoms with E-state index in [0.717, 1.165) is 15.7 Å². The molecule has 0 spiro atoms. The molecule has 0 saturated heterocycles. The number of hydrogen-bond acceptors (Lipinski definition) is 3. The number of benzene rings is 2. The Morgan fingerprint density at radius 2 is 1.56 bits per heavy atom. The van der Waals surface area contributed by atoms with Gasteiger partial charge in [-0.15, -0.1) is 0 Å². The molecule has 0 aliphatic heterocycles. The van der Waals surface area contributed by atoms with E-state index in [4.69, 9.17) is 0 Å². The summed E-state index contributed by atoms with van der Waals surface area (Å²) >= 11 is 0. The topological polar surface area (TPSA) is 49.4 Å². The molecule has 2 aromatic carbocycles. The zero-order chi connectivity index (χ0) is 13.0. The molecule has 0 amide bonds. The van der Waals surface area contributed by atoms with Gasteiger partial charge >= 0.3 is 0 Å². The number of para-hydroxylation sites is 1. The Morgan fingerprint density at radius 3 is 2.11 bits per heavy atom. The van der Waals surface area contributed by atoms with Crippen LogP contribution in [-0.4, -0.2) is 8.42 Å². The summed E-state index contributed by atoms with van der Waals surface area (Å²) in [4.78, 5) is 0. The van der Waals surface area contributed by atoms with E-state index < -0.39 is 10.9 Å². The molecule has 0 fully saturated rings. The fourth-order valence-electron chi connectivity index (χ4n) is 1.52. The molecule has 2 aromatic rings. The number of rotatable bonds is 4. The molecule has 0 saturated carbocycles. The van der Waals surface area contributed by atoms with Crippen LogP contribution in [0, 0.1) is 6.92 Å². The lowest BCUT2D eigenvalue weighted by Crippen LogP contribution is -2.27. The predicted octanol–water partition coefficient (Wildman–Crippen LogP) is 2.35. The molecule has 18 heavy (non-hydrogen) atoms. The number of aryl methyl sites for hydroxylation is 1. The minimum Gasteiger partial charge on any atom is -0.285 e. The maximum atomic E-state index is 11.3. The van der Waals surface area contributed by atoms with Crippen molar-refractivity contribution in [2.45, 2.75) is 6.92 Å². The van der Waals surface area contributed by atoms with Gasteiger partial charge in [-0.3, -0.25) is 5.43 Å². The lowest BCUT2D eigenvalue weighted by Gasteiger charge is -2.19. The number of thiol groups is 1. The van der Waals surface area contributed by atoms with Crippen LogP contribution in [0.2, 0.25) is 0 Å². The van der Waals surface area contributed by atoms with Crippen LogP contribution in [-0.2, 0) is 10.9 Å². The zero-order valence-electron chi connectivity index (χ0n) is 9.91. The zero-order valence-corrected chi connectivity index (χ0v) is 10.8. The standard InChI is InChI=1S/C13H14N2O2S/c1-11-7-9-13(10-8-11)15(18(16)17)14-12-5-3-2-4-6-12/h2-10,14,18H,1H3. The van der Waals surface area contributed by atoms with Gasteiger partial charge in [-0.2, -0.15) is 4.41 Å². The molecular weight excluding hydrogens is 248 g/mol. The van der Waals surface area contributed by atoms with Crippen LogP contribution >= 0.6 is 0 Å². The van der Waals surface area contributed by atoms with Gasteiger partial charge in [-0.25, -0.2) is 8.42 Å². The summed E-state index contributed by atoms with van der Waals surface area (Å²) in [6.07, 6.45) is 0. The van der Waals surface area contributed by atoms with Crippen molar-refractivity contribution in [3.05, 3.63) is 60.2 Å². The Hall–Kier alpha value is -2.01. The van der Waals surface area contributed by atoms with Gasteiger partial charge in [0.05, 0.1) is 11.4 Å². The van der Waals surface area contributed by atoms with E-state index >= 15 is 0 Å². The Kier molecular flexibility index (Phi) is 3.84. The van der Waals surface area contributed by atoms with E-state index in [1.165, 1.54) is 0 Å². The van der Waals surface area contributed by atoms with Crippen LogP contribution in [0.3, 0.4) is 0 Å². The Morgan fingerprint density at radius 1 is 0.944 bits per heavy atom. The van der Waals surface area contributed by atoms with Crippen LogP contribution in [0.25, 0.3) is 0 Å². The smallest absolute Gasteiger partial charge is 0.242 e.